The molecule has 0 aliphatic heterocycles. The summed E-state index contributed by atoms with van der Waals surface area (Å²) in [4.78, 5) is 34.8. The number of amides is 2. The van der Waals surface area contributed by atoms with Crippen molar-refractivity contribution >= 4 is 35.6 Å². The van der Waals surface area contributed by atoms with E-state index in [1.807, 2.05) is 0 Å². The van der Waals surface area contributed by atoms with Gasteiger partial charge in [-0.1, -0.05) is 13.2 Å². The fourth-order valence-electron chi connectivity index (χ4n) is 1.41. The molecule has 0 aliphatic carbocycles. The molecule has 2 N–H and O–H groups in total. The first kappa shape index (κ1) is 22.1. The Kier molecular flexibility index (Phi) is 7.46. The molecule has 2 amide bonds. The second-order valence-corrected chi connectivity index (χ2v) is 6.01. The molecular weight excluding hydrogens is 389 g/mol. The normalized spacial score (nSPS) is 10.6. The molecule has 0 unspecified atom stereocenters. The zero-order valence-electron chi connectivity index (χ0n) is 14.2. The molecule has 1 rings (SSSR count). The number of ether oxygens (including phenoxy) is 2. The van der Waals surface area contributed by atoms with Gasteiger partial charge < -0.3 is 14.8 Å². The lowest BCUT2D eigenvalue weighted by atomic mass is 10.2. The Labute approximate surface area is 156 Å². The summed E-state index contributed by atoms with van der Waals surface area (Å²) in [7, 11) is 0. The van der Waals surface area contributed by atoms with Crippen LogP contribution < -0.4 is 19.5 Å². The minimum Gasteiger partial charge on any atom is -0.423 e. The second-order valence-electron chi connectivity index (χ2n) is 5.14. The smallest absolute Gasteiger partial charge is 0.423 e. The Balaban J connectivity index is 3.04. The van der Waals surface area contributed by atoms with Gasteiger partial charge in [-0.25, -0.2) is 14.4 Å². The summed E-state index contributed by atoms with van der Waals surface area (Å²) in [6.07, 6.45) is 0. The van der Waals surface area contributed by atoms with E-state index in [0.717, 1.165) is 12.1 Å². The van der Waals surface area contributed by atoms with Crippen molar-refractivity contribution in [1.82, 2.24) is 4.72 Å². The third-order valence-electron chi connectivity index (χ3n) is 2.52. The van der Waals surface area contributed by atoms with Crippen molar-refractivity contribution in [3.63, 3.8) is 0 Å². The number of nitrogens with one attached hydrogen (secondary N) is 2. The molecular formula is C16H15F3N2O5S. The van der Waals surface area contributed by atoms with Crippen LogP contribution >= 0.6 is 11.9 Å². The minimum atomic E-state index is -4.67. The number of urea groups is 1. The summed E-state index contributed by atoms with van der Waals surface area (Å²) in [6.45, 7) is 9.60. The van der Waals surface area contributed by atoms with Crippen molar-refractivity contribution in [2.75, 3.05) is 5.32 Å². The Bertz CT molecular complexity index is 747. The standard InChI is InChI=1S/C16H15F3N2O5S/c1-8(2)13(22)25-11-5-10(20-15(24)21-27-16(17,18)19)6-12(7-11)26-14(23)9(3)4/h5-7H,1,3H2,2,4H3,(H2,20,21,24). The third-order valence-corrected chi connectivity index (χ3v) is 3.03. The van der Waals surface area contributed by atoms with Gasteiger partial charge in [-0.05, 0) is 13.8 Å². The average molecular weight is 404 g/mol. The van der Waals surface area contributed by atoms with Crippen LogP contribution in [0.4, 0.5) is 23.7 Å². The number of esters is 2. The third kappa shape index (κ3) is 8.31. The monoisotopic (exact) mass is 404 g/mol. The Morgan fingerprint density at radius 1 is 0.963 bits per heavy atom. The topological polar surface area (TPSA) is 93.7 Å². The highest BCUT2D eigenvalue weighted by Gasteiger charge is 2.30. The molecule has 0 aromatic heterocycles. The molecule has 146 valence electrons. The quantitative estimate of drug-likeness (QED) is 0.323. The fraction of sp³-hybridized carbons (Fsp3) is 0.188. The average Bonchev–Trinajstić information content (AvgIpc) is 2.51. The van der Waals surface area contributed by atoms with Gasteiger partial charge in [0.05, 0.1) is 11.9 Å². The first-order valence-corrected chi connectivity index (χ1v) is 7.91. The van der Waals surface area contributed by atoms with Crippen LogP contribution in [0.15, 0.2) is 42.5 Å². The number of benzene rings is 1. The molecule has 11 heteroatoms. The molecule has 0 saturated heterocycles. The minimum absolute atomic E-state index is 0.0770. The van der Waals surface area contributed by atoms with Crippen LogP contribution in [0.5, 0.6) is 11.5 Å². The van der Waals surface area contributed by atoms with E-state index in [1.54, 1.807) is 0 Å². The molecule has 0 bridgehead atoms. The number of alkyl halides is 3. The van der Waals surface area contributed by atoms with Crippen molar-refractivity contribution in [2.24, 2.45) is 0 Å². The molecule has 0 aliphatic rings. The second kappa shape index (κ2) is 9.12. The fourth-order valence-corrected chi connectivity index (χ4v) is 1.67. The van der Waals surface area contributed by atoms with E-state index >= 15 is 0 Å². The highest BCUT2D eigenvalue weighted by atomic mass is 32.2. The lowest BCUT2D eigenvalue weighted by molar-refractivity contribution is -0.130. The lowest BCUT2D eigenvalue weighted by Gasteiger charge is -2.12. The molecule has 1 aromatic carbocycles. The van der Waals surface area contributed by atoms with Crippen LogP contribution in [0, 0.1) is 0 Å². The summed E-state index contributed by atoms with van der Waals surface area (Å²) < 4.78 is 47.8. The number of rotatable bonds is 6. The highest BCUT2D eigenvalue weighted by Crippen LogP contribution is 2.29. The molecule has 7 nitrogen and oxygen atoms in total. The number of halogens is 3. The number of carbonyl (C=O) groups excluding carboxylic acids is 3. The van der Waals surface area contributed by atoms with Gasteiger partial charge in [0.1, 0.15) is 11.5 Å². The predicted octanol–water partition coefficient (Wildman–Crippen LogP) is 3.94. The van der Waals surface area contributed by atoms with Gasteiger partial charge in [-0.3, -0.25) is 4.72 Å². The molecule has 0 spiro atoms. The first-order chi connectivity index (χ1) is 12.4. The van der Waals surface area contributed by atoms with E-state index in [4.69, 9.17) is 9.47 Å². The molecule has 0 radical (unpaired) electrons. The van der Waals surface area contributed by atoms with Crippen LogP contribution in [0.2, 0.25) is 0 Å². The summed E-state index contributed by atoms with van der Waals surface area (Å²) in [5.41, 5.74) is -4.61. The Morgan fingerprint density at radius 3 is 1.78 bits per heavy atom. The van der Waals surface area contributed by atoms with Gasteiger partial charge in [0.25, 0.3) is 0 Å². The summed E-state index contributed by atoms with van der Waals surface area (Å²) in [5, 5.41) is 2.10. The van der Waals surface area contributed by atoms with Crippen LogP contribution in [0.3, 0.4) is 0 Å². The molecule has 0 heterocycles. The predicted molar refractivity (Wildman–Crippen MR) is 93.1 cm³/mol. The lowest BCUT2D eigenvalue weighted by Crippen LogP contribution is -2.26. The van der Waals surface area contributed by atoms with E-state index in [0.29, 0.717) is 0 Å². The van der Waals surface area contributed by atoms with Crippen molar-refractivity contribution in [3.05, 3.63) is 42.5 Å². The number of carbonyl (C=O) groups is 3. The molecule has 0 atom stereocenters. The van der Waals surface area contributed by atoms with E-state index in [1.165, 1.54) is 24.6 Å². The maximum atomic E-state index is 12.1. The zero-order valence-corrected chi connectivity index (χ0v) is 15.0. The molecule has 1 aromatic rings. The van der Waals surface area contributed by atoms with Crippen LogP contribution in [-0.2, 0) is 9.59 Å². The molecule has 27 heavy (non-hydrogen) atoms. The van der Waals surface area contributed by atoms with Crippen LogP contribution in [0.1, 0.15) is 13.8 Å². The SMILES string of the molecule is C=C(C)C(=O)Oc1cc(NC(=O)NSC(F)(F)F)cc(OC(=O)C(=C)C)c1. The van der Waals surface area contributed by atoms with Crippen molar-refractivity contribution in [3.8, 4) is 11.5 Å². The highest BCUT2D eigenvalue weighted by molar-refractivity contribution is 7.98. The Morgan fingerprint density at radius 2 is 1.41 bits per heavy atom. The van der Waals surface area contributed by atoms with Gasteiger partial charge in [0.15, 0.2) is 0 Å². The first-order valence-electron chi connectivity index (χ1n) is 7.09. The van der Waals surface area contributed by atoms with Gasteiger partial charge in [0, 0.05) is 35.0 Å². The zero-order chi connectivity index (χ0) is 20.8. The van der Waals surface area contributed by atoms with Crippen molar-refractivity contribution in [1.29, 1.82) is 0 Å². The van der Waals surface area contributed by atoms with Gasteiger partial charge in [-0.15, -0.1) is 0 Å². The molecule has 0 saturated carbocycles. The molecule has 0 fully saturated rings. The Hall–Kier alpha value is -2.95. The number of hydrogen-bond acceptors (Lipinski definition) is 6. The number of hydrogen-bond donors (Lipinski definition) is 2. The number of anilines is 1. The largest absolute Gasteiger partial charge is 0.461 e. The van der Waals surface area contributed by atoms with Crippen LogP contribution in [-0.4, -0.2) is 23.5 Å². The summed E-state index contributed by atoms with van der Waals surface area (Å²) in [6, 6.07) is 2.28. The maximum absolute atomic E-state index is 12.1. The summed E-state index contributed by atoms with van der Waals surface area (Å²) in [5.74, 6) is -1.84. The van der Waals surface area contributed by atoms with Gasteiger partial charge in [-0.2, -0.15) is 13.2 Å². The van der Waals surface area contributed by atoms with E-state index in [2.05, 4.69) is 18.5 Å². The summed E-state index contributed by atoms with van der Waals surface area (Å²) >= 11 is -0.758. The van der Waals surface area contributed by atoms with Gasteiger partial charge in [0.2, 0.25) is 0 Å². The van der Waals surface area contributed by atoms with E-state index < -0.39 is 35.4 Å². The maximum Gasteiger partial charge on any atom is 0.461 e. The van der Waals surface area contributed by atoms with Crippen LogP contribution in [0.25, 0.3) is 0 Å². The van der Waals surface area contributed by atoms with Gasteiger partial charge >= 0.3 is 23.5 Å². The van der Waals surface area contributed by atoms with Crippen molar-refractivity contribution < 1.29 is 37.0 Å². The van der Waals surface area contributed by atoms with Crippen molar-refractivity contribution in [2.45, 2.75) is 19.4 Å². The van der Waals surface area contributed by atoms with E-state index in [-0.39, 0.29) is 28.3 Å². The van der Waals surface area contributed by atoms with E-state index in [9.17, 15) is 27.6 Å².